The highest BCUT2D eigenvalue weighted by Crippen LogP contribution is 2.08. The minimum absolute atomic E-state index is 0.139. The Hall–Kier alpha value is -2.43. The third-order valence-corrected chi connectivity index (χ3v) is 2.67. The van der Waals surface area contributed by atoms with E-state index < -0.39 is 5.97 Å². The molecular formula is C14H13FN2O2. The Labute approximate surface area is 109 Å². The minimum atomic E-state index is -1.01. The molecule has 0 radical (unpaired) electrons. The maximum atomic E-state index is 13.3. The molecule has 1 aromatic carbocycles. The van der Waals surface area contributed by atoms with Gasteiger partial charge in [-0.05, 0) is 30.2 Å². The molecular weight excluding hydrogens is 247 g/mol. The van der Waals surface area contributed by atoms with Crippen LogP contribution in [-0.4, -0.2) is 22.6 Å². The van der Waals surface area contributed by atoms with Crippen LogP contribution in [0.25, 0.3) is 0 Å². The molecule has 0 atom stereocenters. The highest BCUT2D eigenvalue weighted by atomic mass is 19.1. The van der Waals surface area contributed by atoms with Crippen LogP contribution in [0.3, 0.4) is 0 Å². The third-order valence-electron chi connectivity index (χ3n) is 2.67. The number of hydrogen-bond acceptors (Lipinski definition) is 3. The highest BCUT2D eigenvalue weighted by molar-refractivity contribution is 5.87. The summed E-state index contributed by atoms with van der Waals surface area (Å²) < 4.78 is 13.3. The zero-order valence-corrected chi connectivity index (χ0v) is 10.1. The Bertz CT molecular complexity index is 570. The summed E-state index contributed by atoms with van der Waals surface area (Å²) in [7, 11) is 0. The monoisotopic (exact) mass is 260 g/mol. The number of benzene rings is 1. The topological polar surface area (TPSA) is 62.2 Å². The van der Waals surface area contributed by atoms with E-state index in [9.17, 15) is 9.18 Å². The summed E-state index contributed by atoms with van der Waals surface area (Å²) in [5.41, 5.74) is 0.775. The van der Waals surface area contributed by atoms with E-state index in [1.54, 1.807) is 24.3 Å². The van der Waals surface area contributed by atoms with Gasteiger partial charge in [0.05, 0.1) is 5.56 Å². The van der Waals surface area contributed by atoms with Crippen LogP contribution in [0.2, 0.25) is 0 Å². The number of carboxylic acid groups (broad SMARTS) is 1. The Morgan fingerprint density at radius 1 is 1.26 bits per heavy atom. The lowest BCUT2D eigenvalue weighted by atomic mass is 10.1. The molecule has 2 rings (SSSR count). The van der Waals surface area contributed by atoms with Crippen LogP contribution in [0.4, 0.5) is 10.2 Å². The van der Waals surface area contributed by atoms with Crippen molar-refractivity contribution in [3.63, 3.8) is 0 Å². The van der Waals surface area contributed by atoms with Crippen LogP contribution in [0.15, 0.2) is 42.6 Å². The van der Waals surface area contributed by atoms with Gasteiger partial charge in [0.25, 0.3) is 0 Å². The molecule has 0 unspecified atom stereocenters. The van der Waals surface area contributed by atoms with Gasteiger partial charge in [-0.3, -0.25) is 0 Å². The van der Waals surface area contributed by atoms with Gasteiger partial charge in [0.2, 0.25) is 0 Å². The molecule has 98 valence electrons. The van der Waals surface area contributed by atoms with Crippen LogP contribution in [0.5, 0.6) is 0 Å². The van der Waals surface area contributed by atoms with E-state index in [4.69, 9.17) is 5.11 Å². The maximum absolute atomic E-state index is 13.3. The van der Waals surface area contributed by atoms with Gasteiger partial charge in [-0.25, -0.2) is 14.2 Å². The fourth-order valence-corrected chi connectivity index (χ4v) is 1.65. The Kier molecular flexibility index (Phi) is 4.07. The van der Waals surface area contributed by atoms with Crippen LogP contribution in [-0.2, 0) is 6.42 Å². The number of nitrogens with one attached hydrogen (secondary N) is 1. The van der Waals surface area contributed by atoms with Crippen molar-refractivity contribution in [2.45, 2.75) is 6.42 Å². The molecule has 5 heteroatoms. The van der Waals surface area contributed by atoms with E-state index in [1.807, 2.05) is 0 Å². The first-order valence-electron chi connectivity index (χ1n) is 5.83. The molecule has 0 bridgehead atoms. The quantitative estimate of drug-likeness (QED) is 0.867. The summed E-state index contributed by atoms with van der Waals surface area (Å²) in [5, 5.41) is 11.7. The molecule has 0 fully saturated rings. The maximum Gasteiger partial charge on any atom is 0.337 e. The van der Waals surface area contributed by atoms with Crippen molar-refractivity contribution in [1.82, 2.24) is 4.98 Å². The predicted octanol–water partition coefficient (Wildman–Crippen LogP) is 2.57. The van der Waals surface area contributed by atoms with Crippen molar-refractivity contribution in [3.05, 3.63) is 59.5 Å². The van der Waals surface area contributed by atoms with Gasteiger partial charge < -0.3 is 10.4 Å². The molecule has 0 saturated carbocycles. The number of rotatable bonds is 5. The second-order valence-electron chi connectivity index (χ2n) is 4.01. The zero-order valence-electron chi connectivity index (χ0n) is 10.1. The standard InChI is InChI=1S/C14H13FN2O2/c15-12-4-2-1-3-10(12)7-8-16-13-6-5-11(9-17-13)14(18)19/h1-6,9H,7-8H2,(H,16,17)(H,18,19). The number of pyridine rings is 1. The second kappa shape index (κ2) is 5.95. The highest BCUT2D eigenvalue weighted by Gasteiger charge is 2.03. The normalized spacial score (nSPS) is 10.2. The van der Waals surface area contributed by atoms with E-state index in [0.717, 1.165) is 0 Å². The molecule has 0 spiro atoms. The molecule has 0 aliphatic heterocycles. The van der Waals surface area contributed by atoms with Crippen molar-refractivity contribution >= 4 is 11.8 Å². The molecule has 0 aliphatic carbocycles. The van der Waals surface area contributed by atoms with Crippen LogP contribution >= 0.6 is 0 Å². The number of anilines is 1. The molecule has 1 heterocycles. The molecule has 2 N–H and O–H groups in total. The summed E-state index contributed by atoms with van der Waals surface area (Å²) in [6.07, 6.45) is 1.82. The van der Waals surface area contributed by atoms with E-state index >= 15 is 0 Å². The van der Waals surface area contributed by atoms with Crippen LogP contribution in [0, 0.1) is 5.82 Å². The van der Waals surface area contributed by atoms with Gasteiger partial charge >= 0.3 is 5.97 Å². The fraction of sp³-hybridized carbons (Fsp3) is 0.143. The molecule has 0 saturated heterocycles. The number of carbonyl (C=O) groups is 1. The van der Waals surface area contributed by atoms with E-state index in [2.05, 4.69) is 10.3 Å². The number of aromatic carboxylic acids is 1. The van der Waals surface area contributed by atoms with Gasteiger partial charge in [0, 0.05) is 12.7 Å². The first kappa shape index (κ1) is 13.0. The van der Waals surface area contributed by atoms with Gasteiger partial charge in [0.15, 0.2) is 0 Å². The average molecular weight is 260 g/mol. The van der Waals surface area contributed by atoms with Gasteiger partial charge in [-0.1, -0.05) is 18.2 Å². The van der Waals surface area contributed by atoms with Crippen LogP contribution < -0.4 is 5.32 Å². The lowest BCUT2D eigenvalue weighted by molar-refractivity contribution is 0.0696. The average Bonchev–Trinajstić information content (AvgIpc) is 2.41. The van der Waals surface area contributed by atoms with E-state index in [-0.39, 0.29) is 11.4 Å². The lowest BCUT2D eigenvalue weighted by Gasteiger charge is -2.06. The molecule has 0 aliphatic rings. The molecule has 19 heavy (non-hydrogen) atoms. The third kappa shape index (κ3) is 3.51. The van der Waals surface area contributed by atoms with Crippen molar-refractivity contribution in [1.29, 1.82) is 0 Å². The summed E-state index contributed by atoms with van der Waals surface area (Å²) in [6.45, 7) is 0.528. The lowest BCUT2D eigenvalue weighted by Crippen LogP contribution is -2.08. The Morgan fingerprint density at radius 2 is 2.05 bits per heavy atom. The summed E-state index contributed by atoms with van der Waals surface area (Å²) in [4.78, 5) is 14.6. The number of aromatic nitrogens is 1. The fourth-order valence-electron chi connectivity index (χ4n) is 1.65. The SMILES string of the molecule is O=C(O)c1ccc(NCCc2ccccc2F)nc1. The second-order valence-corrected chi connectivity index (χ2v) is 4.01. The smallest absolute Gasteiger partial charge is 0.337 e. The molecule has 0 amide bonds. The van der Waals surface area contributed by atoms with Crippen LogP contribution in [0.1, 0.15) is 15.9 Å². The molecule has 4 nitrogen and oxygen atoms in total. The van der Waals surface area contributed by atoms with E-state index in [0.29, 0.717) is 24.3 Å². The summed E-state index contributed by atoms with van der Waals surface area (Å²) in [6, 6.07) is 9.66. The molecule has 1 aromatic heterocycles. The minimum Gasteiger partial charge on any atom is -0.478 e. The number of nitrogens with zero attached hydrogens (tertiary/aromatic N) is 1. The number of carboxylic acids is 1. The summed E-state index contributed by atoms with van der Waals surface area (Å²) in [5.74, 6) is -0.662. The Balaban J connectivity index is 1.89. The van der Waals surface area contributed by atoms with Crippen molar-refractivity contribution in [2.24, 2.45) is 0 Å². The van der Waals surface area contributed by atoms with Crippen molar-refractivity contribution in [2.75, 3.05) is 11.9 Å². The van der Waals surface area contributed by atoms with Gasteiger partial charge in [-0.2, -0.15) is 0 Å². The van der Waals surface area contributed by atoms with Gasteiger partial charge in [-0.15, -0.1) is 0 Å². The summed E-state index contributed by atoms with van der Waals surface area (Å²) >= 11 is 0. The first-order valence-corrected chi connectivity index (χ1v) is 5.83. The van der Waals surface area contributed by atoms with Crippen molar-refractivity contribution < 1.29 is 14.3 Å². The van der Waals surface area contributed by atoms with E-state index in [1.165, 1.54) is 18.3 Å². The Morgan fingerprint density at radius 3 is 2.68 bits per heavy atom. The van der Waals surface area contributed by atoms with Crippen molar-refractivity contribution in [3.8, 4) is 0 Å². The number of halogens is 1. The molecule has 2 aromatic rings. The van der Waals surface area contributed by atoms with Gasteiger partial charge in [0.1, 0.15) is 11.6 Å². The number of hydrogen-bond donors (Lipinski definition) is 2. The zero-order chi connectivity index (χ0) is 13.7. The largest absolute Gasteiger partial charge is 0.478 e. The predicted molar refractivity (Wildman–Crippen MR) is 69.8 cm³/mol. The first-order chi connectivity index (χ1) is 9.16.